The highest BCUT2D eigenvalue weighted by Gasteiger charge is 2.23. The molecule has 154 valence electrons. The molecule has 0 aliphatic heterocycles. The molecule has 0 radical (unpaired) electrons. The highest BCUT2D eigenvalue weighted by Crippen LogP contribution is 2.32. The van der Waals surface area contributed by atoms with Crippen LogP contribution < -0.4 is 9.46 Å². The van der Waals surface area contributed by atoms with Gasteiger partial charge in [0.2, 0.25) is 0 Å². The third kappa shape index (κ3) is 4.97. The first-order chi connectivity index (χ1) is 14.5. The van der Waals surface area contributed by atoms with Crippen molar-refractivity contribution in [3.63, 3.8) is 0 Å². The Morgan fingerprint density at radius 1 is 0.967 bits per heavy atom. The van der Waals surface area contributed by atoms with Crippen LogP contribution >= 0.6 is 11.9 Å². The number of ether oxygens (including phenoxy) is 1. The van der Waals surface area contributed by atoms with Crippen molar-refractivity contribution in [2.75, 3.05) is 0 Å². The molecule has 1 fully saturated rings. The lowest BCUT2D eigenvalue weighted by molar-refractivity contribution is 0.0984. The minimum absolute atomic E-state index is 0.0248. The molecule has 3 aromatic carbocycles. The van der Waals surface area contributed by atoms with E-state index < -0.39 is 17.5 Å². The molecule has 1 amide bonds. The quantitative estimate of drug-likeness (QED) is 0.376. The van der Waals surface area contributed by atoms with Gasteiger partial charge in [0.05, 0.1) is 0 Å². The number of amides is 1. The normalized spacial score (nSPS) is 13.2. The van der Waals surface area contributed by atoms with Crippen LogP contribution in [0.3, 0.4) is 0 Å². The van der Waals surface area contributed by atoms with Crippen molar-refractivity contribution in [1.82, 2.24) is 4.72 Å². The summed E-state index contributed by atoms with van der Waals surface area (Å²) in [6, 6.07) is 14.9. The molecule has 1 saturated carbocycles. The number of halogens is 3. The molecule has 3 aromatic rings. The number of rotatable bonds is 7. The topological polar surface area (TPSA) is 38.3 Å². The van der Waals surface area contributed by atoms with E-state index in [-0.39, 0.29) is 18.1 Å². The summed E-state index contributed by atoms with van der Waals surface area (Å²) in [5.74, 6) is -2.77. The maximum absolute atomic E-state index is 13.9. The van der Waals surface area contributed by atoms with Gasteiger partial charge < -0.3 is 4.74 Å². The monoisotopic (exact) mass is 429 g/mol. The number of nitrogens with one attached hydrogen (secondary N) is 1. The summed E-state index contributed by atoms with van der Waals surface area (Å²) in [5, 5.41) is 0.531. The number of hydrogen-bond acceptors (Lipinski definition) is 3. The zero-order chi connectivity index (χ0) is 21.1. The second-order valence-electron chi connectivity index (χ2n) is 7.01. The average molecular weight is 429 g/mol. The van der Waals surface area contributed by atoms with Crippen molar-refractivity contribution in [1.29, 1.82) is 0 Å². The fraction of sp³-hybridized carbons (Fsp3) is 0.174. The Morgan fingerprint density at radius 3 is 2.43 bits per heavy atom. The molecule has 0 heterocycles. The van der Waals surface area contributed by atoms with Crippen molar-refractivity contribution < 1.29 is 22.7 Å². The smallest absolute Gasteiger partial charge is 0.261 e. The predicted octanol–water partition coefficient (Wildman–Crippen LogP) is 5.89. The van der Waals surface area contributed by atoms with Crippen molar-refractivity contribution in [2.45, 2.75) is 24.7 Å². The third-order valence-electron chi connectivity index (χ3n) is 4.61. The van der Waals surface area contributed by atoms with Gasteiger partial charge in [-0.05, 0) is 66.2 Å². The molecule has 1 aliphatic rings. The van der Waals surface area contributed by atoms with Gasteiger partial charge in [-0.2, -0.15) is 0 Å². The maximum atomic E-state index is 13.9. The van der Waals surface area contributed by atoms with E-state index in [1.807, 2.05) is 6.07 Å². The van der Waals surface area contributed by atoms with Gasteiger partial charge in [0, 0.05) is 22.4 Å². The lowest BCUT2D eigenvalue weighted by atomic mass is 10.0. The Balaban J connectivity index is 1.39. The molecule has 0 saturated heterocycles. The van der Waals surface area contributed by atoms with Gasteiger partial charge in [0.1, 0.15) is 18.2 Å². The van der Waals surface area contributed by atoms with Crippen LogP contribution in [0.1, 0.15) is 28.8 Å². The SMILES string of the molecule is O=C(NSC1CC1)c1cccc(COc2ccc(-c3cc(F)c(F)cc3F)cc2)c1. The summed E-state index contributed by atoms with van der Waals surface area (Å²) in [5.41, 5.74) is 1.78. The van der Waals surface area contributed by atoms with Gasteiger partial charge >= 0.3 is 0 Å². The lowest BCUT2D eigenvalue weighted by Crippen LogP contribution is -2.16. The molecular formula is C23H18F3NO2S. The van der Waals surface area contributed by atoms with Gasteiger partial charge in [-0.3, -0.25) is 9.52 Å². The molecule has 3 nitrogen and oxygen atoms in total. The zero-order valence-electron chi connectivity index (χ0n) is 15.8. The van der Waals surface area contributed by atoms with E-state index in [9.17, 15) is 18.0 Å². The Morgan fingerprint density at radius 2 is 1.70 bits per heavy atom. The highest BCUT2D eigenvalue weighted by atomic mass is 32.2. The molecule has 0 bridgehead atoms. The number of hydrogen-bond donors (Lipinski definition) is 1. The Labute approximate surface area is 176 Å². The summed E-state index contributed by atoms with van der Waals surface area (Å²) in [6.07, 6.45) is 2.28. The van der Waals surface area contributed by atoms with E-state index in [0.29, 0.717) is 28.2 Å². The first-order valence-electron chi connectivity index (χ1n) is 9.42. The Hall–Kier alpha value is -2.93. The zero-order valence-corrected chi connectivity index (χ0v) is 16.6. The molecule has 7 heteroatoms. The molecule has 0 spiro atoms. The second kappa shape index (κ2) is 8.83. The van der Waals surface area contributed by atoms with Crippen LogP contribution in [0, 0.1) is 17.5 Å². The summed E-state index contributed by atoms with van der Waals surface area (Å²) in [7, 11) is 0. The maximum Gasteiger partial charge on any atom is 0.261 e. The van der Waals surface area contributed by atoms with Crippen LogP contribution in [0.2, 0.25) is 0 Å². The largest absolute Gasteiger partial charge is 0.489 e. The molecule has 0 unspecified atom stereocenters. The van der Waals surface area contributed by atoms with Crippen LogP contribution in [0.15, 0.2) is 60.7 Å². The molecule has 0 aromatic heterocycles. The van der Waals surface area contributed by atoms with Gasteiger partial charge in [0.15, 0.2) is 11.6 Å². The molecule has 30 heavy (non-hydrogen) atoms. The highest BCUT2D eigenvalue weighted by molar-refractivity contribution is 7.98. The predicted molar refractivity (Wildman–Crippen MR) is 111 cm³/mol. The number of carbonyl (C=O) groups excluding carboxylic acids is 1. The summed E-state index contributed by atoms with van der Waals surface area (Å²) in [6.45, 7) is 0.246. The molecule has 4 rings (SSSR count). The summed E-state index contributed by atoms with van der Waals surface area (Å²) in [4.78, 5) is 12.2. The Kier molecular flexibility index (Phi) is 5.99. The van der Waals surface area contributed by atoms with Crippen molar-refractivity contribution in [2.24, 2.45) is 0 Å². The fourth-order valence-corrected chi connectivity index (χ4v) is 3.59. The summed E-state index contributed by atoms with van der Waals surface area (Å²) < 4.78 is 49.0. The molecule has 0 atom stereocenters. The van der Waals surface area contributed by atoms with E-state index in [0.717, 1.165) is 24.5 Å². The minimum Gasteiger partial charge on any atom is -0.489 e. The number of benzene rings is 3. The van der Waals surface area contributed by atoms with E-state index in [1.165, 1.54) is 11.9 Å². The van der Waals surface area contributed by atoms with E-state index in [1.54, 1.807) is 42.5 Å². The third-order valence-corrected chi connectivity index (χ3v) is 5.72. The molecular weight excluding hydrogens is 411 g/mol. The van der Waals surface area contributed by atoms with Crippen molar-refractivity contribution >= 4 is 17.9 Å². The molecule has 1 N–H and O–H groups in total. The standard InChI is InChI=1S/C23H18F3NO2S/c24-20-12-22(26)21(25)11-19(20)15-4-6-17(7-5-15)29-13-14-2-1-3-16(10-14)23(28)27-30-18-8-9-18/h1-7,10-12,18H,8-9,13H2,(H,27,28). The Bertz CT molecular complexity index is 1070. The number of carbonyl (C=O) groups is 1. The summed E-state index contributed by atoms with van der Waals surface area (Å²) >= 11 is 1.46. The van der Waals surface area contributed by atoms with Crippen LogP contribution in [-0.4, -0.2) is 11.2 Å². The van der Waals surface area contributed by atoms with Crippen LogP contribution in [0.4, 0.5) is 13.2 Å². The van der Waals surface area contributed by atoms with E-state index >= 15 is 0 Å². The first-order valence-corrected chi connectivity index (χ1v) is 10.3. The van der Waals surface area contributed by atoms with Gasteiger partial charge in [-0.15, -0.1) is 0 Å². The van der Waals surface area contributed by atoms with Crippen LogP contribution in [0.25, 0.3) is 11.1 Å². The first kappa shape index (κ1) is 20.3. The van der Waals surface area contributed by atoms with E-state index in [2.05, 4.69) is 4.72 Å². The van der Waals surface area contributed by atoms with Gasteiger partial charge in [-0.25, -0.2) is 13.2 Å². The van der Waals surface area contributed by atoms with E-state index in [4.69, 9.17) is 4.74 Å². The average Bonchev–Trinajstić information content (AvgIpc) is 3.58. The minimum atomic E-state index is -1.22. The van der Waals surface area contributed by atoms with Gasteiger partial charge in [0.25, 0.3) is 5.91 Å². The van der Waals surface area contributed by atoms with Crippen LogP contribution in [-0.2, 0) is 6.61 Å². The van der Waals surface area contributed by atoms with Crippen molar-refractivity contribution in [3.8, 4) is 16.9 Å². The van der Waals surface area contributed by atoms with Crippen LogP contribution in [0.5, 0.6) is 5.75 Å². The fourth-order valence-electron chi connectivity index (χ4n) is 2.83. The van der Waals surface area contributed by atoms with Crippen molar-refractivity contribution in [3.05, 3.63) is 89.2 Å². The second-order valence-corrected chi connectivity index (χ2v) is 8.11. The lowest BCUT2D eigenvalue weighted by Gasteiger charge is -2.10. The van der Waals surface area contributed by atoms with Gasteiger partial charge in [-0.1, -0.05) is 24.3 Å². The molecule has 1 aliphatic carbocycles.